The van der Waals surface area contributed by atoms with Crippen LogP contribution in [-0.4, -0.2) is 37.7 Å². The highest BCUT2D eigenvalue weighted by Gasteiger charge is 2.45. The lowest BCUT2D eigenvalue weighted by atomic mass is 10.1. The lowest BCUT2D eigenvalue weighted by Gasteiger charge is -2.42. The molecule has 1 unspecified atom stereocenters. The van der Waals surface area contributed by atoms with Crippen LogP contribution >= 0.6 is 23.4 Å². The average molecular weight is 248 g/mol. The lowest BCUT2D eigenvalue weighted by Crippen LogP contribution is -2.51. The summed E-state index contributed by atoms with van der Waals surface area (Å²) >= 11 is 6.41. The maximum absolute atomic E-state index is 11.1. The summed E-state index contributed by atoms with van der Waals surface area (Å²) in [5, 5.41) is 7.10. The smallest absolute Gasteiger partial charge is 0.334 e. The molecule has 0 bridgehead atoms. The van der Waals surface area contributed by atoms with Gasteiger partial charge in [-0.1, -0.05) is 0 Å². The van der Waals surface area contributed by atoms with Gasteiger partial charge in [-0.2, -0.15) is 0 Å². The van der Waals surface area contributed by atoms with Crippen LogP contribution in [0.15, 0.2) is 11.8 Å². The lowest BCUT2D eigenvalue weighted by molar-refractivity contribution is -0.138. The number of fused-ring (bicyclic) bond motifs is 1. The molecule has 2 aliphatic rings. The number of halogens is 1. The third-order valence-corrected chi connectivity index (χ3v) is 4.05. The molecule has 2 rings (SSSR count). The molecule has 1 N–H and O–H groups in total. The van der Waals surface area contributed by atoms with Crippen LogP contribution in [0.4, 0.5) is 0 Å². The first-order chi connectivity index (χ1) is 7.00. The largest absolute Gasteiger partial charge is 0.478 e. The molecule has 0 aliphatic carbocycles. The Morgan fingerprint density at radius 2 is 2.27 bits per heavy atom. The zero-order valence-electron chi connectivity index (χ0n) is 7.34. The highest BCUT2D eigenvalue weighted by atomic mass is 35.5. The van der Waals surface area contributed by atoms with Crippen LogP contribution < -0.4 is 0 Å². The minimum absolute atomic E-state index is 0.133. The zero-order chi connectivity index (χ0) is 11.2. The highest BCUT2D eigenvalue weighted by Crippen LogP contribution is 2.40. The van der Waals surface area contributed by atoms with E-state index >= 15 is 0 Å². The van der Waals surface area contributed by atoms with Crippen molar-refractivity contribution in [3.8, 4) is 0 Å². The van der Waals surface area contributed by atoms with E-state index in [2.05, 4.69) is 0 Å². The second-order valence-electron chi connectivity index (χ2n) is 3.17. The quantitative estimate of drug-likeness (QED) is 0.565. The molecule has 5 nitrogen and oxygen atoms in total. The van der Waals surface area contributed by atoms with E-state index in [0.717, 1.165) is 11.8 Å². The van der Waals surface area contributed by atoms with E-state index < -0.39 is 16.5 Å². The van der Waals surface area contributed by atoms with Crippen LogP contribution in [-0.2, 0) is 14.4 Å². The maximum atomic E-state index is 11.1. The molecular weight excluding hydrogens is 242 g/mol. The van der Waals surface area contributed by atoms with Gasteiger partial charge in [-0.25, -0.2) is 4.79 Å². The fourth-order valence-electron chi connectivity index (χ4n) is 1.46. The summed E-state index contributed by atoms with van der Waals surface area (Å²) in [6.07, 6.45) is 1.54. The van der Waals surface area contributed by atoms with Crippen molar-refractivity contribution in [2.24, 2.45) is 0 Å². The van der Waals surface area contributed by atoms with Gasteiger partial charge < -0.3 is 10.0 Å². The number of aliphatic carboxylic acids is 1. The number of carboxylic acid groups (broad SMARTS) is 1. The van der Waals surface area contributed by atoms with Gasteiger partial charge in [0.15, 0.2) is 0 Å². The number of β-lactam (4-membered cyclic amide) rings is 1. The van der Waals surface area contributed by atoms with Crippen molar-refractivity contribution >= 4 is 40.5 Å². The fourth-order valence-corrected chi connectivity index (χ4v) is 3.01. The molecule has 0 aromatic carbocycles. The van der Waals surface area contributed by atoms with Gasteiger partial charge in [-0.15, -0.1) is 11.8 Å². The summed E-state index contributed by atoms with van der Waals surface area (Å²) in [4.78, 5) is 34.2. The van der Waals surface area contributed by atoms with Crippen molar-refractivity contribution in [3.05, 3.63) is 11.8 Å². The van der Waals surface area contributed by atoms with E-state index in [0.29, 0.717) is 6.42 Å². The standard InChI is InChI=1S/C8H6ClNO4S/c9-7(12)6-3(8(13)14)2-10-4(11)1-5(10)15-6/h2,5-6H,1H2,(H,13,14)/t5-,6?/m1/s1. The van der Waals surface area contributed by atoms with Gasteiger partial charge in [0.05, 0.1) is 17.4 Å². The van der Waals surface area contributed by atoms with E-state index in [4.69, 9.17) is 16.7 Å². The first kappa shape index (κ1) is 10.5. The van der Waals surface area contributed by atoms with E-state index in [1.165, 1.54) is 11.1 Å². The van der Waals surface area contributed by atoms with Crippen LogP contribution in [0.25, 0.3) is 0 Å². The molecule has 2 aliphatic heterocycles. The maximum Gasteiger partial charge on any atom is 0.334 e. The molecule has 7 heteroatoms. The van der Waals surface area contributed by atoms with Crippen LogP contribution in [0.2, 0.25) is 0 Å². The van der Waals surface area contributed by atoms with Gasteiger partial charge in [-0.05, 0) is 11.6 Å². The summed E-state index contributed by atoms with van der Waals surface area (Å²) in [6, 6.07) is 0. The van der Waals surface area contributed by atoms with E-state index in [-0.39, 0.29) is 16.9 Å². The Balaban J connectivity index is 2.32. The molecule has 0 radical (unpaired) electrons. The summed E-state index contributed by atoms with van der Waals surface area (Å²) in [5.74, 6) is -1.36. The Hall–Kier alpha value is -1.01. The molecular formula is C8H6ClNO4S. The molecule has 80 valence electrons. The van der Waals surface area contributed by atoms with Crippen LogP contribution in [0.1, 0.15) is 6.42 Å². The van der Waals surface area contributed by atoms with Crippen molar-refractivity contribution in [2.45, 2.75) is 17.0 Å². The molecule has 1 fully saturated rings. The monoisotopic (exact) mass is 247 g/mol. The number of carbonyl (C=O) groups is 3. The molecule has 2 atom stereocenters. The number of nitrogens with zero attached hydrogens (tertiary/aromatic N) is 1. The van der Waals surface area contributed by atoms with E-state index in [9.17, 15) is 14.4 Å². The topological polar surface area (TPSA) is 74.7 Å². The van der Waals surface area contributed by atoms with Crippen molar-refractivity contribution in [2.75, 3.05) is 0 Å². The Bertz CT molecular complexity index is 394. The van der Waals surface area contributed by atoms with Crippen molar-refractivity contribution in [1.82, 2.24) is 4.90 Å². The molecule has 2 heterocycles. The Morgan fingerprint density at radius 3 is 2.73 bits per heavy atom. The number of carboxylic acids is 1. The van der Waals surface area contributed by atoms with Gasteiger partial charge in [0.1, 0.15) is 5.25 Å². The summed E-state index contributed by atoms with van der Waals surface area (Å²) < 4.78 is 0. The third-order valence-electron chi connectivity index (χ3n) is 2.25. The minimum Gasteiger partial charge on any atom is -0.478 e. The van der Waals surface area contributed by atoms with Crippen molar-refractivity contribution in [1.29, 1.82) is 0 Å². The Labute approximate surface area is 94.1 Å². The second kappa shape index (κ2) is 3.53. The average Bonchev–Trinajstić information content (AvgIpc) is 2.14. The molecule has 15 heavy (non-hydrogen) atoms. The minimum atomic E-state index is -1.22. The van der Waals surface area contributed by atoms with Crippen LogP contribution in [0.3, 0.4) is 0 Å². The Kier molecular flexibility index (Phi) is 2.47. The molecule has 0 spiro atoms. The number of hydrogen-bond donors (Lipinski definition) is 1. The highest BCUT2D eigenvalue weighted by molar-refractivity contribution is 8.01. The van der Waals surface area contributed by atoms with E-state index in [1.807, 2.05) is 0 Å². The predicted molar refractivity (Wildman–Crippen MR) is 53.2 cm³/mol. The fraction of sp³-hybridized carbons (Fsp3) is 0.375. The van der Waals surface area contributed by atoms with Crippen molar-refractivity contribution < 1.29 is 19.5 Å². The number of thioether (sulfide) groups is 1. The molecule has 0 aromatic heterocycles. The SMILES string of the molecule is O=C(O)C1=CN2C(=O)C[C@H]2SC1C(=O)Cl. The molecule has 0 aromatic rings. The number of rotatable bonds is 2. The van der Waals surface area contributed by atoms with Crippen molar-refractivity contribution in [3.63, 3.8) is 0 Å². The van der Waals surface area contributed by atoms with Crippen LogP contribution in [0, 0.1) is 0 Å². The molecule has 1 saturated heterocycles. The zero-order valence-corrected chi connectivity index (χ0v) is 8.92. The predicted octanol–water partition coefficient (Wildman–Crippen LogP) is 0.394. The summed E-state index contributed by atoms with van der Waals surface area (Å²) in [6.45, 7) is 0. The third kappa shape index (κ3) is 1.63. The second-order valence-corrected chi connectivity index (χ2v) is 4.83. The summed E-state index contributed by atoms with van der Waals surface area (Å²) in [7, 11) is 0. The molecule has 0 saturated carbocycles. The van der Waals surface area contributed by atoms with Crippen LogP contribution in [0.5, 0.6) is 0 Å². The number of amides is 1. The van der Waals surface area contributed by atoms with Gasteiger partial charge >= 0.3 is 5.97 Å². The van der Waals surface area contributed by atoms with Gasteiger partial charge in [0.2, 0.25) is 11.1 Å². The van der Waals surface area contributed by atoms with Gasteiger partial charge in [0, 0.05) is 6.20 Å². The van der Waals surface area contributed by atoms with Gasteiger partial charge in [-0.3, -0.25) is 9.59 Å². The first-order valence-electron chi connectivity index (χ1n) is 4.11. The summed E-state index contributed by atoms with van der Waals surface area (Å²) in [5.41, 5.74) is -0.135. The Morgan fingerprint density at radius 1 is 1.60 bits per heavy atom. The number of hydrogen-bond acceptors (Lipinski definition) is 4. The number of carbonyl (C=O) groups excluding carboxylic acids is 2. The molecule has 1 amide bonds. The van der Waals surface area contributed by atoms with E-state index in [1.54, 1.807) is 0 Å². The first-order valence-corrected chi connectivity index (χ1v) is 5.43. The van der Waals surface area contributed by atoms with Gasteiger partial charge in [0.25, 0.3) is 0 Å². The normalized spacial score (nSPS) is 29.0.